The molecule has 0 aromatic carbocycles. The van der Waals surface area contributed by atoms with Crippen LogP contribution in [0.15, 0.2) is 24.5 Å². The van der Waals surface area contributed by atoms with Gasteiger partial charge in [-0.25, -0.2) is 0 Å². The standard InChI is InChI=1S/C17H29N3O/c1-17(2,3)16(21)14-20-12-10-19(11-13-20)9-6-15-4-7-18-8-5-15/h4-5,7-8,16,21H,6,9-14H2,1-3H3/t16-/m1/s1. The van der Waals surface area contributed by atoms with Gasteiger partial charge in [0.25, 0.3) is 0 Å². The van der Waals surface area contributed by atoms with Crippen LogP contribution in [0.5, 0.6) is 0 Å². The third-order valence-corrected chi connectivity index (χ3v) is 4.36. The van der Waals surface area contributed by atoms with Gasteiger partial charge in [0, 0.05) is 51.7 Å². The van der Waals surface area contributed by atoms with Crippen LogP contribution < -0.4 is 0 Å². The van der Waals surface area contributed by atoms with Crippen molar-refractivity contribution in [3.8, 4) is 0 Å². The summed E-state index contributed by atoms with van der Waals surface area (Å²) in [5, 5.41) is 10.2. The zero-order chi connectivity index (χ0) is 15.3. The number of aliphatic hydroxyl groups excluding tert-OH is 1. The maximum absolute atomic E-state index is 10.2. The van der Waals surface area contributed by atoms with Crippen molar-refractivity contribution in [1.29, 1.82) is 0 Å². The highest BCUT2D eigenvalue weighted by Crippen LogP contribution is 2.20. The number of hydrogen-bond acceptors (Lipinski definition) is 4. The molecule has 0 radical (unpaired) electrons. The summed E-state index contributed by atoms with van der Waals surface area (Å²) < 4.78 is 0. The van der Waals surface area contributed by atoms with Crippen LogP contribution >= 0.6 is 0 Å². The quantitative estimate of drug-likeness (QED) is 0.895. The Hall–Kier alpha value is -0.970. The van der Waals surface area contributed by atoms with Crippen LogP contribution in [0.2, 0.25) is 0 Å². The molecule has 0 saturated carbocycles. The predicted octanol–water partition coefficient (Wildman–Crippen LogP) is 1.65. The van der Waals surface area contributed by atoms with Crippen LogP contribution in [0.4, 0.5) is 0 Å². The molecule has 1 aromatic heterocycles. The van der Waals surface area contributed by atoms with E-state index in [9.17, 15) is 5.11 Å². The number of piperazine rings is 1. The van der Waals surface area contributed by atoms with Gasteiger partial charge in [-0.2, -0.15) is 0 Å². The Labute approximate surface area is 128 Å². The van der Waals surface area contributed by atoms with Gasteiger partial charge in [0.2, 0.25) is 0 Å². The van der Waals surface area contributed by atoms with Crippen LogP contribution in [0.3, 0.4) is 0 Å². The lowest BCUT2D eigenvalue weighted by molar-refractivity contribution is 0.0136. The third-order valence-electron chi connectivity index (χ3n) is 4.36. The van der Waals surface area contributed by atoms with E-state index < -0.39 is 0 Å². The summed E-state index contributed by atoms with van der Waals surface area (Å²) in [6.45, 7) is 12.5. The molecule has 1 aliphatic rings. The molecule has 1 aliphatic heterocycles. The largest absolute Gasteiger partial charge is 0.391 e. The molecule has 0 amide bonds. The summed E-state index contributed by atoms with van der Waals surface area (Å²) >= 11 is 0. The molecule has 1 aromatic rings. The molecule has 4 nitrogen and oxygen atoms in total. The smallest absolute Gasteiger partial charge is 0.0715 e. The summed E-state index contributed by atoms with van der Waals surface area (Å²) in [5.41, 5.74) is 1.33. The molecule has 0 bridgehead atoms. The highest BCUT2D eigenvalue weighted by molar-refractivity contribution is 5.09. The molecule has 2 heterocycles. The van der Waals surface area contributed by atoms with Gasteiger partial charge >= 0.3 is 0 Å². The second-order valence-electron chi connectivity index (χ2n) is 7.13. The predicted molar refractivity (Wildman–Crippen MR) is 86.3 cm³/mol. The number of hydrogen-bond donors (Lipinski definition) is 1. The molecule has 2 rings (SSSR count). The normalized spacial score (nSPS) is 19.6. The summed E-state index contributed by atoms with van der Waals surface area (Å²) in [6, 6.07) is 4.19. The SMILES string of the molecule is CC(C)(C)[C@H](O)CN1CCN(CCc2ccncc2)CC1. The Morgan fingerprint density at radius 3 is 2.24 bits per heavy atom. The second-order valence-corrected chi connectivity index (χ2v) is 7.13. The van der Waals surface area contributed by atoms with E-state index in [4.69, 9.17) is 0 Å². The topological polar surface area (TPSA) is 39.6 Å². The Morgan fingerprint density at radius 1 is 1.10 bits per heavy atom. The maximum Gasteiger partial charge on any atom is 0.0715 e. The van der Waals surface area contributed by atoms with Crippen molar-refractivity contribution in [2.24, 2.45) is 5.41 Å². The van der Waals surface area contributed by atoms with E-state index >= 15 is 0 Å². The van der Waals surface area contributed by atoms with Gasteiger partial charge in [0.15, 0.2) is 0 Å². The molecule has 1 N–H and O–H groups in total. The molecule has 1 saturated heterocycles. The van der Waals surface area contributed by atoms with Gasteiger partial charge in [-0.3, -0.25) is 9.88 Å². The Balaban J connectivity index is 1.69. The maximum atomic E-state index is 10.2. The van der Waals surface area contributed by atoms with Crippen molar-refractivity contribution < 1.29 is 5.11 Å². The van der Waals surface area contributed by atoms with E-state index in [-0.39, 0.29) is 11.5 Å². The zero-order valence-corrected chi connectivity index (χ0v) is 13.6. The van der Waals surface area contributed by atoms with Gasteiger partial charge in [-0.1, -0.05) is 20.8 Å². The van der Waals surface area contributed by atoms with Crippen LogP contribution in [0, 0.1) is 5.41 Å². The minimum absolute atomic E-state index is 0.0293. The monoisotopic (exact) mass is 291 g/mol. The van der Waals surface area contributed by atoms with Crippen molar-refractivity contribution in [2.45, 2.75) is 33.3 Å². The van der Waals surface area contributed by atoms with Gasteiger partial charge in [0.1, 0.15) is 0 Å². The molecule has 4 heteroatoms. The molecular weight excluding hydrogens is 262 g/mol. The second kappa shape index (κ2) is 7.34. The highest BCUT2D eigenvalue weighted by Gasteiger charge is 2.26. The number of rotatable bonds is 5. The molecule has 118 valence electrons. The number of pyridine rings is 1. The zero-order valence-electron chi connectivity index (χ0n) is 13.6. The van der Waals surface area contributed by atoms with Crippen molar-refractivity contribution in [3.05, 3.63) is 30.1 Å². The number of aliphatic hydroxyl groups is 1. The average molecular weight is 291 g/mol. The third kappa shape index (κ3) is 5.38. The Bertz CT molecular complexity index is 408. The van der Waals surface area contributed by atoms with Crippen molar-refractivity contribution in [2.75, 3.05) is 39.3 Å². The molecule has 0 aliphatic carbocycles. The van der Waals surface area contributed by atoms with Crippen molar-refractivity contribution >= 4 is 0 Å². The van der Waals surface area contributed by atoms with Gasteiger partial charge in [0.05, 0.1) is 6.10 Å². The first kappa shape index (κ1) is 16.4. The Kier molecular flexibility index (Phi) is 5.73. The fraction of sp³-hybridized carbons (Fsp3) is 0.706. The van der Waals surface area contributed by atoms with Crippen LogP contribution in [0.25, 0.3) is 0 Å². The summed E-state index contributed by atoms with van der Waals surface area (Å²) in [7, 11) is 0. The van der Waals surface area contributed by atoms with Crippen LogP contribution in [0.1, 0.15) is 26.3 Å². The van der Waals surface area contributed by atoms with Gasteiger partial charge in [-0.05, 0) is 29.5 Å². The van der Waals surface area contributed by atoms with Crippen molar-refractivity contribution in [1.82, 2.24) is 14.8 Å². The molecule has 0 spiro atoms. The minimum Gasteiger partial charge on any atom is -0.391 e. The lowest BCUT2D eigenvalue weighted by atomic mass is 9.89. The molecule has 21 heavy (non-hydrogen) atoms. The number of nitrogens with zero attached hydrogens (tertiary/aromatic N) is 3. The highest BCUT2D eigenvalue weighted by atomic mass is 16.3. The van der Waals surface area contributed by atoms with E-state index in [0.717, 1.165) is 45.7 Å². The number of β-amino-alcohol motifs (C(OH)–C–C–N with tert-alkyl or cyclic N) is 1. The van der Waals surface area contributed by atoms with Gasteiger partial charge < -0.3 is 10.0 Å². The molecule has 1 fully saturated rings. The number of aromatic nitrogens is 1. The molecule has 0 unspecified atom stereocenters. The Morgan fingerprint density at radius 2 is 1.67 bits per heavy atom. The van der Waals surface area contributed by atoms with E-state index in [0.29, 0.717) is 0 Å². The minimum atomic E-state index is -0.249. The van der Waals surface area contributed by atoms with E-state index in [1.165, 1.54) is 5.56 Å². The van der Waals surface area contributed by atoms with E-state index in [1.807, 2.05) is 12.4 Å². The average Bonchev–Trinajstić information content (AvgIpc) is 2.46. The van der Waals surface area contributed by atoms with Crippen molar-refractivity contribution in [3.63, 3.8) is 0 Å². The van der Waals surface area contributed by atoms with Crippen LogP contribution in [-0.2, 0) is 6.42 Å². The summed E-state index contributed by atoms with van der Waals surface area (Å²) in [4.78, 5) is 8.96. The first-order valence-electron chi connectivity index (χ1n) is 7.97. The first-order chi connectivity index (χ1) is 9.95. The molecule has 1 atom stereocenters. The fourth-order valence-electron chi connectivity index (χ4n) is 2.55. The fourth-order valence-corrected chi connectivity index (χ4v) is 2.55. The molecular formula is C17H29N3O. The van der Waals surface area contributed by atoms with E-state index in [2.05, 4.69) is 47.7 Å². The van der Waals surface area contributed by atoms with E-state index in [1.54, 1.807) is 0 Å². The first-order valence-corrected chi connectivity index (χ1v) is 7.97. The lowest BCUT2D eigenvalue weighted by Crippen LogP contribution is -2.50. The summed E-state index contributed by atoms with van der Waals surface area (Å²) in [5.74, 6) is 0. The summed E-state index contributed by atoms with van der Waals surface area (Å²) in [6.07, 6.45) is 4.57. The lowest BCUT2D eigenvalue weighted by Gasteiger charge is -2.38. The van der Waals surface area contributed by atoms with Crippen LogP contribution in [-0.4, -0.2) is 65.3 Å². The van der Waals surface area contributed by atoms with Gasteiger partial charge in [-0.15, -0.1) is 0 Å².